The molecule has 0 saturated heterocycles. The van der Waals surface area contributed by atoms with E-state index < -0.39 is 16.9 Å². The lowest BCUT2D eigenvalue weighted by atomic mass is 10.2. The molecule has 2 heterocycles. The summed E-state index contributed by atoms with van der Waals surface area (Å²) in [6.45, 7) is -0.181. The fourth-order valence-corrected chi connectivity index (χ4v) is 3.40. The summed E-state index contributed by atoms with van der Waals surface area (Å²) in [7, 11) is -1.23. The summed E-state index contributed by atoms with van der Waals surface area (Å²) >= 11 is 1.32. The van der Waals surface area contributed by atoms with Crippen molar-refractivity contribution in [1.82, 2.24) is 14.3 Å². The molecule has 7 nitrogen and oxygen atoms in total. The number of aromatic nitrogens is 2. The van der Waals surface area contributed by atoms with Crippen LogP contribution >= 0.6 is 11.3 Å². The summed E-state index contributed by atoms with van der Waals surface area (Å²) in [5.74, 6) is -0.778. The quantitative estimate of drug-likeness (QED) is 0.676. The molecule has 0 fully saturated rings. The number of amides is 2. The number of hydrogen-bond acceptors (Lipinski definition) is 5. The Labute approximate surface area is 156 Å². The van der Waals surface area contributed by atoms with Gasteiger partial charge in [0.25, 0.3) is 5.91 Å². The molecule has 0 bridgehead atoms. The standard InChI is InChI=1S/C17H16N4O3S2/c1-26(24)21-8-7-13(10-21)16(23)18-9-15(22)20-17-19-14(11-25-17)12-5-3-2-4-6-12/h2-8,10-11H,9H2,1H3,(H,18,23)(H,19,20,22). The monoisotopic (exact) mass is 388 g/mol. The number of anilines is 1. The van der Waals surface area contributed by atoms with Crippen LogP contribution < -0.4 is 10.6 Å². The van der Waals surface area contributed by atoms with Gasteiger partial charge in [-0.05, 0) is 6.07 Å². The van der Waals surface area contributed by atoms with E-state index in [1.807, 2.05) is 35.7 Å². The van der Waals surface area contributed by atoms with Crippen molar-refractivity contribution in [2.45, 2.75) is 0 Å². The van der Waals surface area contributed by atoms with Crippen molar-refractivity contribution >= 4 is 39.3 Å². The van der Waals surface area contributed by atoms with Crippen molar-refractivity contribution in [3.63, 3.8) is 0 Å². The van der Waals surface area contributed by atoms with E-state index in [0.717, 1.165) is 11.3 Å². The highest BCUT2D eigenvalue weighted by molar-refractivity contribution is 7.82. The van der Waals surface area contributed by atoms with Gasteiger partial charge in [-0.1, -0.05) is 30.3 Å². The van der Waals surface area contributed by atoms with Crippen LogP contribution in [-0.4, -0.2) is 37.8 Å². The molecule has 2 amide bonds. The van der Waals surface area contributed by atoms with E-state index in [4.69, 9.17) is 0 Å². The minimum atomic E-state index is -1.23. The molecule has 3 rings (SSSR count). The Morgan fingerprint density at radius 2 is 2.00 bits per heavy atom. The van der Waals surface area contributed by atoms with Gasteiger partial charge >= 0.3 is 0 Å². The fourth-order valence-electron chi connectivity index (χ4n) is 2.17. The molecule has 134 valence electrons. The first-order valence-corrected chi connectivity index (χ1v) is 10.0. The van der Waals surface area contributed by atoms with Crippen LogP contribution in [0, 0.1) is 0 Å². The molecule has 0 saturated carbocycles. The summed E-state index contributed by atoms with van der Waals surface area (Å²) in [4.78, 5) is 28.4. The van der Waals surface area contributed by atoms with E-state index in [2.05, 4.69) is 15.6 Å². The Bertz CT molecular complexity index is 950. The number of nitrogens with zero attached hydrogens (tertiary/aromatic N) is 2. The molecule has 0 aliphatic rings. The van der Waals surface area contributed by atoms with Crippen molar-refractivity contribution in [1.29, 1.82) is 0 Å². The molecule has 2 N–H and O–H groups in total. The highest BCUT2D eigenvalue weighted by atomic mass is 32.2. The minimum Gasteiger partial charge on any atom is -0.343 e. The van der Waals surface area contributed by atoms with Crippen LogP contribution in [0.4, 0.5) is 5.13 Å². The predicted molar refractivity (Wildman–Crippen MR) is 102 cm³/mol. The Hall–Kier alpha value is -2.78. The summed E-state index contributed by atoms with van der Waals surface area (Å²) in [5.41, 5.74) is 2.09. The topological polar surface area (TPSA) is 93.1 Å². The first-order chi connectivity index (χ1) is 12.5. The average Bonchev–Trinajstić information content (AvgIpc) is 3.30. The highest BCUT2D eigenvalue weighted by Crippen LogP contribution is 2.24. The van der Waals surface area contributed by atoms with E-state index >= 15 is 0 Å². The maximum absolute atomic E-state index is 12.0. The zero-order valence-corrected chi connectivity index (χ0v) is 15.5. The molecule has 0 radical (unpaired) electrons. The molecule has 26 heavy (non-hydrogen) atoms. The van der Waals surface area contributed by atoms with Crippen molar-refractivity contribution < 1.29 is 13.8 Å². The first kappa shape index (κ1) is 18.0. The highest BCUT2D eigenvalue weighted by Gasteiger charge is 2.12. The molecule has 9 heteroatoms. The number of carbonyl (C=O) groups excluding carboxylic acids is 2. The molecular formula is C17H16N4O3S2. The Balaban J connectivity index is 1.53. The zero-order valence-electron chi connectivity index (χ0n) is 13.8. The number of hydrogen-bond donors (Lipinski definition) is 2. The SMILES string of the molecule is CS(=O)n1ccc(C(=O)NCC(=O)Nc2nc(-c3ccccc3)cs2)c1. The van der Waals surface area contributed by atoms with Gasteiger partial charge in [-0.3, -0.25) is 13.6 Å². The van der Waals surface area contributed by atoms with Crippen molar-refractivity contribution in [3.8, 4) is 11.3 Å². The van der Waals surface area contributed by atoms with Crippen molar-refractivity contribution in [3.05, 3.63) is 59.7 Å². The van der Waals surface area contributed by atoms with Gasteiger partial charge < -0.3 is 10.6 Å². The lowest BCUT2D eigenvalue weighted by Gasteiger charge is -2.04. The third kappa shape index (κ3) is 4.44. The first-order valence-electron chi connectivity index (χ1n) is 7.64. The van der Waals surface area contributed by atoms with E-state index in [-0.39, 0.29) is 12.5 Å². The summed E-state index contributed by atoms with van der Waals surface area (Å²) in [6.07, 6.45) is 4.52. The summed E-state index contributed by atoms with van der Waals surface area (Å²) in [5, 5.41) is 7.51. The van der Waals surface area contributed by atoms with Gasteiger partial charge in [-0.2, -0.15) is 0 Å². The van der Waals surface area contributed by atoms with Crippen molar-refractivity contribution in [2.75, 3.05) is 18.1 Å². The van der Waals surface area contributed by atoms with Gasteiger partial charge in [0.05, 0.1) is 17.8 Å². The van der Waals surface area contributed by atoms with Gasteiger partial charge in [-0.25, -0.2) is 9.19 Å². The number of thiazole rings is 1. The number of nitrogens with one attached hydrogen (secondary N) is 2. The normalized spacial score (nSPS) is 11.7. The Kier molecular flexibility index (Phi) is 5.59. The maximum atomic E-state index is 12.0. The summed E-state index contributed by atoms with van der Waals surface area (Å²) in [6, 6.07) is 11.2. The van der Waals surface area contributed by atoms with Crippen LogP contribution in [0.5, 0.6) is 0 Å². The molecule has 0 aliphatic carbocycles. The van der Waals surface area contributed by atoms with Crippen LogP contribution in [0.2, 0.25) is 0 Å². The summed E-state index contributed by atoms with van der Waals surface area (Å²) < 4.78 is 12.7. The second kappa shape index (κ2) is 8.07. The minimum absolute atomic E-state index is 0.181. The molecule has 0 spiro atoms. The van der Waals surface area contributed by atoms with Crippen molar-refractivity contribution in [2.24, 2.45) is 0 Å². The molecule has 0 aliphatic heterocycles. The number of carbonyl (C=O) groups is 2. The molecule has 1 atom stereocenters. The third-order valence-electron chi connectivity index (χ3n) is 3.46. The average molecular weight is 388 g/mol. The number of rotatable bonds is 6. The van der Waals surface area contributed by atoms with E-state index in [1.54, 1.807) is 12.3 Å². The van der Waals surface area contributed by atoms with E-state index in [1.165, 1.54) is 27.8 Å². The molecule has 3 aromatic rings. The lowest BCUT2D eigenvalue weighted by Crippen LogP contribution is -2.32. The Morgan fingerprint density at radius 3 is 2.69 bits per heavy atom. The number of benzene rings is 1. The van der Waals surface area contributed by atoms with Gasteiger partial charge in [0, 0.05) is 29.6 Å². The molecule has 1 unspecified atom stereocenters. The van der Waals surface area contributed by atoms with Crippen LogP contribution in [0.1, 0.15) is 10.4 Å². The molecule has 1 aromatic carbocycles. The second-order valence-corrected chi connectivity index (χ2v) is 7.45. The fraction of sp³-hybridized carbons (Fsp3) is 0.118. The van der Waals surface area contributed by atoms with Gasteiger partial charge in [0.15, 0.2) is 5.13 Å². The largest absolute Gasteiger partial charge is 0.343 e. The van der Waals surface area contributed by atoms with Gasteiger partial charge in [0.2, 0.25) is 5.91 Å². The van der Waals surface area contributed by atoms with Crippen LogP contribution in [0.25, 0.3) is 11.3 Å². The lowest BCUT2D eigenvalue weighted by molar-refractivity contribution is -0.115. The van der Waals surface area contributed by atoms with E-state index in [9.17, 15) is 13.8 Å². The van der Waals surface area contributed by atoms with E-state index in [0.29, 0.717) is 10.7 Å². The Morgan fingerprint density at radius 1 is 1.23 bits per heavy atom. The van der Waals surface area contributed by atoms with Gasteiger partial charge in [-0.15, -0.1) is 11.3 Å². The van der Waals surface area contributed by atoms with Crippen LogP contribution in [-0.2, 0) is 15.8 Å². The third-order valence-corrected chi connectivity index (χ3v) is 5.03. The second-order valence-electron chi connectivity index (χ2n) is 5.32. The maximum Gasteiger partial charge on any atom is 0.253 e. The predicted octanol–water partition coefficient (Wildman–Crippen LogP) is 2.12. The van der Waals surface area contributed by atoms with Crippen LogP contribution in [0.3, 0.4) is 0 Å². The molecule has 2 aromatic heterocycles. The zero-order chi connectivity index (χ0) is 18.5. The van der Waals surface area contributed by atoms with Gasteiger partial charge in [0.1, 0.15) is 11.0 Å². The molecular weight excluding hydrogens is 372 g/mol. The smallest absolute Gasteiger partial charge is 0.253 e. The van der Waals surface area contributed by atoms with Crippen LogP contribution in [0.15, 0.2) is 54.2 Å².